The van der Waals surface area contributed by atoms with Crippen molar-refractivity contribution in [3.63, 3.8) is 0 Å². The Balaban J connectivity index is 1.73. The Bertz CT molecular complexity index is 779. The molecule has 124 valence electrons. The van der Waals surface area contributed by atoms with Crippen LogP contribution in [0.1, 0.15) is 29.9 Å². The second-order valence-corrected chi connectivity index (χ2v) is 5.81. The van der Waals surface area contributed by atoms with E-state index in [1.807, 2.05) is 49.4 Å². The van der Waals surface area contributed by atoms with E-state index < -0.39 is 0 Å². The van der Waals surface area contributed by atoms with Gasteiger partial charge in [-0.3, -0.25) is 0 Å². The third-order valence-corrected chi connectivity index (χ3v) is 4.23. The molecule has 1 aromatic heterocycles. The van der Waals surface area contributed by atoms with Crippen LogP contribution in [0.4, 0.5) is 0 Å². The van der Waals surface area contributed by atoms with Crippen LogP contribution in [0.25, 0.3) is 11.3 Å². The molecule has 0 saturated carbocycles. The summed E-state index contributed by atoms with van der Waals surface area (Å²) in [4.78, 5) is 0. The molecule has 1 unspecified atom stereocenters. The number of aryl methyl sites for hydroxylation is 1. The van der Waals surface area contributed by atoms with Gasteiger partial charge in [-0.25, -0.2) is 0 Å². The number of hydrogen-bond donors (Lipinski definition) is 1. The summed E-state index contributed by atoms with van der Waals surface area (Å²) in [7, 11) is 1.68. The van der Waals surface area contributed by atoms with Gasteiger partial charge >= 0.3 is 0 Å². The Morgan fingerprint density at radius 2 is 1.79 bits per heavy atom. The maximum absolute atomic E-state index is 5.41. The van der Waals surface area contributed by atoms with Crippen molar-refractivity contribution < 1.29 is 9.26 Å². The second kappa shape index (κ2) is 7.32. The number of rotatable bonds is 6. The zero-order chi connectivity index (χ0) is 16.9. The van der Waals surface area contributed by atoms with Gasteiger partial charge in [0.1, 0.15) is 17.2 Å². The number of benzene rings is 2. The van der Waals surface area contributed by atoms with Crippen molar-refractivity contribution in [2.75, 3.05) is 7.11 Å². The molecule has 0 bridgehead atoms. The lowest BCUT2D eigenvalue weighted by Gasteiger charge is -2.15. The van der Waals surface area contributed by atoms with Crippen LogP contribution in [0.2, 0.25) is 0 Å². The average molecular weight is 322 g/mol. The van der Waals surface area contributed by atoms with Crippen LogP contribution < -0.4 is 10.1 Å². The van der Waals surface area contributed by atoms with E-state index in [1.54, 1.807) is 7.11 Å². The molecule has 0 aliphatic heterocycles. The first kappa shape index (κ1) is 16.3. The molecule has 0 radical (unpaired) electrons. The lowest BCUT2D eigenvalue weighted by molar-refractivity contribution is 0.397. The van der Waals surface area contributed by atoms with E-state index in [2.05, 4.69) is 29.5 Å². The highest BCUT2D eigenvalue weighted by molar-refractivity contribution is 5.63. The molecule has 0 aliphatic rings. The number of nitrogens with one attached hydrogen (secondary N) is 1. The summed E-state index contributed by atoms with van der Waals surface area (Å²) in [5.41, 5.74) is 4.29. The summed E-state index contributed by atoms with van der Waals surface area (Å²) < 4.78 is 10.6. The Labute approximate surface area is 142 Å². The van der Waals surface area contributed by atoms with Gasteiger partial charge in [0.2, 0.25) is 0 Å². The van der Waals surface area contributed by atoms with Crippen LogP contribution in [-0.2, 0) is 6.54 Å². The van der Waals surface area contributed by atoms with Crippen molar-refractivity contribution in [2.45, 2.75) is 26.4 Å². The smallest absolute Gasteiger partial charge is 0.138 e. The van der Waals surface area contributed by atoms with Crippen molar-refractivity contribution in [2.24, 2.45) is 0 Å². The van der Waals surface area contributed by atoms with Crippen molar-refractivity contribution >= 4 is 0 Å². The molecule has 1 heterocycles. The molecule has 0 saturated heterocycles. The van der Waals surface area contributed by atoms with Crippen molar-refractivity contribution in [1.82, 2.24) is 10.5 Å². The molecular formula is C20H22N2O2. The van der Waals surface area contributed by atoms with E-state index in [0.29, 0.717) is 6.54 Å². The standard InChI is InChI=1S/C20H22N2O2/c1-14(16-9-11-18(23-3)12-10-16)21-13-19-15(2)24-22-20(19)17-7-5-4-6-8-17/h4-12,14,21H,13H2,1-3H3. The average Bonchev–Trinajstić information content (AvgIpc) is 3.01. The molecule has 24 heavy (non-hydrogen) atoms. The summed E-state index contributed by atoms with van der Waals surface area (Å²) in [6, 6.07) is 18.5. The van der Waals surface area contributed by atoms with Gasteiger partial charge in [0.05, 0.1) is 7.11 Å². The summed E-state index contributed by atoms with van der Waals surface area (Å²) in [5, 5.41) is 7.78. The van der Waals surface area contributed by atoms with E-state index in [-0.39, 0.29) is 6.04 Å². The summed E-state index contributed by atoms with van der Waals surface area (Å²) in [5.74, 6) is 1.72. The second-order valence-electron chi connectivity index (χ2n) is 5.81. The van der Waals surface area contributed by atoms with Crippen molar-refractivity contribution in [3.05, 3.63) is 71.5 Å². The largest absolute Gasteiger partial charge is 0.497 e. The summed E-state index contributed by atoms with van der Waals surface area (Å²) in [6.07, 6.45) is 0. The van der Waals surface area contributed by atoms with Gasteiger partial charge in [-0.1, -0.05) is 47.6 Å². The Hall–Kier alpha value is -2.59. The number of methoxy groups -OCH3 is 1. The first-order valence-electron chi connectivity index (χ1n) is 8.07. The number of nitrogens with zero attached hydrogens (tertiary/aromatic N) is 1. The minimum absolute atomic E-state index is 0.217. The van der Waals surface area contributed by atoms with Gasteiger partial charge in [-0.2, -0.15) is 0 Å². The lowest BCUT2D eigenvalue weighted by atomic mass is 10.0. The molecule has 4 heteroatoms. The van der Waals surface area contributed by atoms with Crippen LogP contribution in [0.3, 0.4) is 0 Å². The minimum atomic E-state index is 0.217. The molecule has 1 atom stereocenters. The highest BCUT2D eigenvalue weighted by Crippen LogP contribution is 2.26. The highest BCUT2D eigenvalue weighted by Gasteiger charge is 2.15. The molecule has 0 fully saturated rings. The van der Waals surface area contributed by atoms with Crippen LogP contribution in [0, 0.1) is 6.92 Å². The third kappa shape index (κ3) is 3.49. The lowest BCUT2D eigenvalue weighted by Crippen LogP contribution is -2.18. The maximum Gasteiger partial charge on any atom is 0.138 e. The molecule has 0 amide bonds. The molecule has 0 spiro atoms. The van der Waals surface area contributed by atoms with Crippen LogP contribution in [0.5, 0.6) is 5.75 Å². The Kier molecular flexibility index (Phi) is 4.96. The fraction of sp³-hybridized carbons (Fsp3) is 0.250. The molecular weight excluding hydrogens is 300 g/mol. The fourth-order valence-corrected chi connectivity index (χ4v) is 2.69. The predicted molar refractivity (Wildman–Crippen MR) is 94.9 cm³/mol. The number of ether oxygens (including phenoxy) is 1. The summed E-state index contributed by atoms with van der Waals surface area (Å²) in [6.45, 7) is 4.80. The topological polar surface area (TPSA) is 47.3 Å². The van der Waals surface area contributed by atoms with Gasteiger partial charge in [-0.15, -0.1) is 0 Å². The SMILES string of the molecule is COc1ccc(C(C)NCc2c(-c3ccccc3)noc2C)cc1. The number of aromatic nitrogens is 1. The van der Waals surface area contributed by atoms with Crippen LogP contribution in [-0.4, -0.2) is 12.3 Å². The minimum Gasteiger partial charge on any atom is -0.497 e. The normalized spacial score (nSPS) is 12.1. The van der Waals surface area contributed by atoms with E-state index in [1.165, 1.54) is 5.56 Å². The van der Waals surface area contributed by atoms with Crippen molar-refractivity contribution in [3.8, 4) is 17.0 Å². The van der Waals surface area contributed by atoms with E-state index in [4.69, 9.17) is 9.26 Å². The van der Waals surface area contributed by atoms with Gasteiger partial charge in [0.25, 0.3) is 0 Å². The van der Waals surface area contributed by atoms with Gasteiger partial charge < -0.3 is 14.6 Å². The third-order valence-electron chi connectivity index (χ3n) is 4.23. The van der Waals surface area contributed by atoms with Gasteiger partial charge in [0, 0.05) is 23.7 Å². The molecule has 3 rings (SSSR count). The maximum atomic E-state index is 5.41. The first-order valence-corrected chi connectivity index (χ1v) is 8.07. The zero-order valence-corrected chi connectivity index (χ0v) is 14.2. The van der Waals surface area contributed by atoms with E-state index >= 15 is 0 Å². The molecule has 0 aliphatic carbocycles. The van der Waals surface area contributed by atoms with E-state index in [9.17, 15) is 0 Å². The molecule has 4 nitrogen and oxygen atoms in total. The molecule has 1 N–H and O–H groups in total. The van der Waals surface area contributed by atoms with Gasteiger partial charge in [-0.05, 0) is 31.5 Å². The molecule has 3 aromatic rings. The highest BCUT2D eigenvalue weighted by atomic mass is 16.5. The van der Waals surface area contributed by atoms with Gasteiger partial charge in [0.15, 0.2) is 0 Å². The first-order chi connectivity index (χ1) is 11.7. The van der Waals surface area contributed by atoms with Crippen molar-refractivity contribution in [1.29, 1.82) is 0 Å². The van der Waals surface area contributed by atoms with E-state index in [0.717, 1.165) is 28.3 Å². The fourth-order valence-electron chi connectivity index (χ4n) is 2.69. The zero-order valence-electron chi connectivity index (χ0n) is 14.2. The number of hydrogen-bond acceptors (Lipinski definition) is 4. The quantitative estimate of drug-likeness (QED) is 0.725. The molecule has 2 aromatic carbocycles. The Morgan fingerprint density at radius 1 is 1.08 bits per heavy atom. The van der Waals surface area contributed by atoms with Crippen LogP contribution >= 0.6 is 0 Å². The monoisotopic (exact) mass is 322 g/mol. The Morgan fingerprint density at radius 3 is 2.46 bits per heavy atom. The summed E-state index contributed by atoms with van der Waals surface area (Å²) >= 11 is 0. The predicted octanol–water partition coefficient (Wildman–Crippen LogP) is 4.51. The van der Waals surface area contributed by atoms with Crippen LogP contribution in [0.15, 0.2) is 59.1 Å².